The third kappa shape index (κ3) is 4.33. The topological polar surface area (TPSA) is 86.8 Å². The standard InChI is InChI=1S/C16H13Cl2FN2O5/c1-7(22)20-12-6-11(21-15(14(12)18)26-16(23)25-3)8-4-13(24-2)9(17)5-10(8)19/h4-6H,1-3H3,(H,20,21,22). The number of methoxy groups -OCH3 is 2. The molecule has 138 valence electrons. The summed E-state index contributed by atoms with van der Waals surface area (Å²) in [6.07, 6.45) is -1.08. The van der Waals surface area contributed by atoms with Crippen molar-refractivity contribution in [2.45, 2.75) is 6.92 Å². The van der Waals surface area contributed by atoms with Crippen LogP contribution >= 0.6 is 23.2 Å². The zero-order chi connectivity index (χ0) is 19.4. The number of nitrogens with zero attached hydrogens (tertiary/aromatic N) is 1. The number of rotatable bonds is 4. The van der Waals surface area contributed by atoms with Crippen LogP contribution in [0.25, 0.3) is 11.3 Å². The molecule has 0 saturated heterocycles. The number of carbonyl (C=O) groups is 2. The second-order valence-corrected chi connectivity index (χ2v) is 5.66. The van der Waals surface area contributed by atoms with E-state index in [1.807, 2.05) is 0 Å². The van der Waals surface area contributed by atoms with Crippen LogP contribution in [-0.2, 0) is 9.53 Å². The monoisotopic (exact) mass is 402 g/mol. The molecule has 2 aromatic rings. The van der Waals surface area contributed by atoms with E-state index in [0.717, 1.165) is 13.2 Å². The van der Waals surface area contributed by atoms with E-state index in [2.05, 4.69) is 15.0 Å². The van der Waals surface area contributed by atoms with Crippen molar-refractivity contribution in [3.63, 3.8) is 0 Å². The number of carbonyl (C=O) groups excluding carboxylic acids is 2. The Kier molecular flexibility index (Phi) is 6.23. The zero-order valence-electron chi connectivity index (χ0n) is 13.9. The third-order valence-corrected chi connectivity index (χ3v) is 3.76. The Morgan fingerprint density at radius 3 is 2.46 bits per heavy atom. The van der Waals surface area contributed by atoms with Crippen LogP contribution in [0.5, 0.6) is 11.6 Å². The Hall–Kier alpha value is -2.58. The molecule has 0 unspecified atom stereocenters. The molecule has 1 heterocycles. The van der Waals surface area contributed by atoms with E-state index < -0.39 is 17.9 Å². The lowest BCUT2D eigenvalue weighted by molar-refractivity contribution is -0.114. The molecule has 0 aliphatic heterocycles. The molecule has 10 heteroatoms. The van der Waals surface area contributed by atoms with Gasteiger partial charge >= 0.3 is 6.16 Å². The van der Waals surface area contributed by atoms with Gasteiger partial charge in [-0.15, -0.1) is 0 Å². The van der Waals surface area contributed by atoms with E-state index >= 15 is 0 Å². The maximum absolute atomic E-state index is 14.4. The number of hydrogen-bond acceptors (Lipinski definition) is 6. The molecule has 1 amide bonds. The Labute approximate surface area is 158 Å². The normalized spacial score (nSPS) is 10.2. The Morgan fingerprint density at radius 1 is 1.19 bits per heavy atom. The van der Waals surface area contributed by atoms with E-state index in [0.29, 0.717) is 0 Å². The number of amides is 1. The average Bonchev–Trinajstić information content (AvgIpc) is 2.58. The van der Waals surface area contributed by atoms with Gasteiger partial charge in [-0.25, -0.2) is 14.2 Å². The van der Waals surface area contributed by atoms with Gasteiger partial charge in [-0.05, 0) is 18.2 Å². The number of hydrogen-bond donors (Lipinski definition) is 1. The molecule has 0 radical (unpaired) electrons. The first-order chi connectivity index (χ1) is 12.3. The molecule has 0 fully saturated rings. The summed E-state index contributed by atoms with van der Waals surface area (Å²) in [4.78, 5) is 26.8. The maximum atomic E-state index is 14.4. The quantitative estimate of drug-likeness (QED) is 0.766. The molecule has 26 heavy (non-hydrogen) atoms. The number of pyridine rings is 1. The number of ether oxygens (including phenoxy) is 3. The fraction of sp³-hybridized carbons (Fsp3) is 0.188. The van der Waals surface area contributed by atoms with Gasteiger partial charge in [0.25, 0.3) is 0 Å². The first-order valence-electron chi connectivity index (χ1n) is 7.04. The van der Waals surface area contributed by atoms with Gasteiger partial charge in [0.2, 0.25) is 11.8 Å². The molecule has 2 rings (SSSR count). The first kappa shape index (κ1) is 19.7. The minimum absolute atomic E-state index is 0.00997. The van der Waals surface area contributed by atoms with E-state index in [9.17, 15) is 14.0 Å². The van der Waals surface area contributed by atoms with Gasteiger partial charge in [-0.1, -0.05) is 23.2 Å². The van der Waals surface area contributed by atoms with Crippen LogP contribution in [0.2, 0.25) is 10.0 Å². The van der Waals surface area contributed by atoms with Crippen LogP contribution in [0, 0.1) is 5.82 Å². The number of aromatic nitrogens is 1. The zero-order valence-corrected chi connectivity index (χ0v) is 15.4. The molecule has 0 aliphatic carbocycles. The van der Waals surface area contributed by atoms with Crippen molar-refractivity contribution in [2.75, 3.05) is 19.5 Å². The third-order valence-electron chi connectivity index (χ3n) is 3.10. The van der Waals surface area contributed by atoms with Crippen molar-refractivity contribution in [1.29, 1.82) is 0 Å². The second kappa shape index (κ2) is 8.20. The second-order valence-electron chi connectivity index (χ2n) is 4.88. The highest BCUT2D eigenvalue weighted by atomic mass is 35.5. The molecule has 0 saturated carbocycles. The van der Waals surface area contributed by atoms with E-state index in [1.54, 1.807) is 0 Å². The Bertz CT molecular complexity index is 876. The SMILES string of the molecule is COC(=O)Oc1nc(-c2cc(OC)c(Cl)cc2F)cc(NC(C)=O)c1Cl. The lowest BCUT2D eigenvalue weighted by Crippen LogP contribution is -2.12. The summed E-state index contributed by atoms with van der Waals surface area (Å²) in [5.74, 6) is -1.31. The van der Waals surface area contributed by atoms with Crippen LogP contribution < -0.4 is 14.8 Å². The van der Waals surface area contributed by atoms with Gasteiger partial charge in [-0.3, -0.25) is 4.79 Å². The number of halogens is 3. The van der Waals surface area contributed by atoms with Crippen LogP contribution in [0.4, 0.5) is 14.9 Å². The van der Waals surface area contributed by atoms with Crippen molar-refractivity contribution in [3.8, 4) is 22.9 Å². The maximum Gasteiger partial charge on any atom is 0.514 e. The van der Waals surface area contributed by atoms with Crippen LogP contribution in [0.15, 0.2) is 18.2 Å². The minimum Gasteiger partial charge on any atom is -0.495 e. The van der Waals surface area contributed by atoms with Gasteiger partial charge < -0.3 is 19.5 Å². The van der Waals surface area contributed by atoms with Crippen LogP contribution in [0.3, 0.4) is 0 Å². The molecule has 0 atom stereocenters. The smallest absolute Gasteiger partial charge is 0.495 e. The average molecular weight is 403 g/mol. The largest absolute Gasteiger partial charge is 0.514 e. The van der Waals surface area contributed by atoms with Crippen LogP contribution in [-0.4, -0.2) is 31.3 Å². The summed E-state index contributed by atoms with van der Waals surface area (Å²) in [6, 6.07) is 3.68. The predicted octanol–water partition coefficient (Wildman–Crippen LogP) is 4.31. The number of benzene rings is 1. The van der Waals surface area contributed by atoms with Crippen molar-refractivity contribution in [1.82, 2.24) is 4.98 Å². The molecule has 0 bridgehead atoms. The summed E-state index contributed by atoms with van der Waals surface area (Å²) in [7, 11) is 2.46. The summed E-state index contributed by atoms with van der Waals surface area (Å²) in [5.41, 5.74) is 0.0742. The van der Waals surface area contributed by atoms with Crippen molar-refractivity contribution in [3.05, 3.63) is 34.1 Å². The number of anilines is 1. The van der Waals surface area contributed by atoms with Crippen molar-refractivity contribution >= 4 is 41.0 Å². The van der Waals surface area contributed by atoms with Gasteiger partial charge in [0.15, 0.2) is 0 Å². The number of nitrogens with one attached hydrogen (secondary N) is 1. The summed E-state index contributed by atoms with van der Waals surface area (Å²) < 4.78 is 28.7. The fourth-order valence-electron chi connectivity index (χ4n) is 1.99. The first-order valence-corrected chi connectivity index (χ1v) is 7.79. The molecule has 0 aliphatic rings. The highest BCUT2D eigenvalue weighted by Gasteiger charge is 2.20. The van der Waals surface area contributed by atoms with E-state index in [1.165, 1.54) is 26.2 Å². The van der Waals surface area contributed by atoms with E-state index in [4.69, 9.17) is 32.7 Å². The molecule has 1 N–H and O–H groups in total. The van der Waals surface area contributed by atoms with Crippen molar-refractivity contribution < 1.29 is 28.2 Å². The minimum atomic E-state index is -1.08. The van der Waals surface area contributed by atoms with Gasteiger partial charge in [-0.2, -0.15) is 0 Å². The van der Waals surface area contributed by atoms with Gasteiger partial charge in [0.1, 0.15) is 16.6 Å². The van der Waals surface area contributed by atoms with Crippen molar-refractivity contribution in [2.24, 2.45) is 0 Å². The molecule has 7 nitrogen and oxygen atoms in total. The van der Waals surface area contributed by atoms with Gasteiger partial charge in [0.05, 0.1) is 30.6 Å². The molecule has 1 aromatic carbocycles. The lowest BCUT2D eigenvalue weighted by atomic mass is 10.1. The Morgan fingerprint density at radius 2 is 1.88 bits per heavy atom. The summed E-state index contributed by atoms with van der Waals surface area (Å²) in [5, 5.41) is 2.36. The predicted molar refractivity (Wildman–Crippen MR) is 93.5 cm³/mol. The highest BCUT2D eigenvalue weighted by molar-refractivity contribution is 6.35. The summed E-state index contributed by atoms with van der Waals surface area (Å²) in [6.45, 7) is 1.25. The summed E-state index contributed by atoms with van der Waals surface area (Å²) >= 11 is 12.0. The van der Waals surface area contributed by atoms with E-state index in [-0.39, 0.29) is 38.6 Å². The Balaban J connectivity index is 2.66. The van der Waals surface area contributed by atoms with Gasteiger partial charge in [0, 0.05) is 12.5 Å². The lowest BCUT2D eigenvalue weighted by Gasteiger charge is -2.13. The molecule has 0 spiro atoms. The molecular formula is C16H13Cl2FN2O5. The molecular weight excluding hydrogens is 390 g/mol. The van der Waals surface area contributed by atoms with Crippen LogP contribution in [0.1, 0.15) is 6.92 Å². The molecule has 1 aromatic heterocycles. The fourth-order valence-corrected chi connectivity index (χ4v) is 2.40. The highest BCUT2D eigenvalue weighted by Crippen LogP contribution is 2.38.